The van der Waals surface area contributed by atoms with Crippen LogP contribution in [-0.2, 0) is 4.79 Å². The zero-order valence-electron chi connectivity index (χ0n) is 16.6. The van der Waals surface area contributed by atoms with Crippen LogP contribution in [0.5, 0.6) is 5.75 Å². The molecule has 29 heavy (non-hydrogen) atoms. The highest BCUT2D eigenvalue weighted by Crippen LogP contribution is 2.22. The summed E-state index contributed by atoms with van der Waals surface area (Å²) < 4.78 is 5.53. The average molecular weight is 388 g/mol. The van der Waals surface area contributed by atoms with E-state index in [9.17, 15) is 9.59 Å². The van der Waals surface area contributed by atoms with Crippen LogP contribution in [0.4, 0.5) is 11.4 Å². The standard InChI is InChI=1S/C24H24N2O3/c1-3-26(19-9-5-4-6-10-19)24(28)21-11-7-8-12-22(21)25-23(27)17-29-20-15-13-18(2)14-16-20/h4-16H,3,17H2,1-2H3,(H,25,27). The summed E-state index contributed by atoms with van der Waals surface area (Å²) in [6, 6.07) is 23.9. The van der Waals surface area contributed by atoms with Crippen molar-refractivity contribution in [3.8, 4) is 5.75 Å². The molecule has 0 radical (unpaired) electrons. The Morgan fingerprint density at radius 3 is 2.24 bits per heavy atom. The predicted molar refractivity (Wildman–Crippen MR) is 116 cm³/mol. The molecule has 0 unspecified atom stereocenters. The molecular formula is C24H24N2O3. The van der Waals surface area contributed by atoms with E-state index < -0.39 is 0 Å². The number of carbonyl (C=O) groups excluding carboxylic acids is 2. The Kier molecular flexibility index (Phi) is 6.63. The van der Waals surface area contributed by atoms with Gasteiger partial charge in [-0.1, -0.05) is 48.0 Å². The van der Waals surface area contributed by atoms with Gasteiger partial charge in [-0.15, -0.1) is 0 Å². The molecule has 148 valence electrons. The number of nitrogens with one attached hydrogen (secondary N) is 1. The number of rotatable bonds is 7. The monoisotopic (exact) mass is 388 g/mol. The topological polar surface area (TPSA) is 58.6 Å². The molecule has 0 heterocycles. The molecule has 3 aromatic rings. The van der Waals surface area contributed by atoms with Crippen molar-refractivity contribution < 1.29 is 14.3 Å². The minimum Gasteiger partial charge on any atom is -0.484 e. The molecule has 0 saturated heterocycles. The molecule has 1 N–H and O–H groups in total. The van der Waals surface area contributed by atoms with E-state index in [0.29, 0.717) is 23.5 Å². The smallest absolute Gasteiger partial charge is 0.262 e. The predicted octanol–water partition coefficient (Wildman–Crippen LogP) is 4.68. The maximum atomic E-state index is 13.1. The number of benzene rings is 3. The number of para-hydroxylation sites is 2. The average Bonchev–Trinajstić information content (AvgIpc) is 2.75. The van der Waals surface area contributed by atoms with E-state index in [1.54, 1.807) is 29.2 Å². The van der Waals surface area contributed by atoms with Gasteiger partial charge in [-0.05, 0) is 50.2 Å². The first-order chi connectivity index (χ1) is 14.1. The third kappa shape index (κ3) is 5.23. The first kappa shape index (κ1) is 20.1. The largest absolute Gasteiger partial charge is 0.484 e. The molecule has 5 heteroatoms. The van der Waals surface area contributed by atoms with Crippen molar-refractivity contribution in [3.05, 3.63) is 90.0 Å². The summed E-state index contributed by atoms with van der Waals surface area (Å²) in [5.74, 6) is 0.124. The molecule has 0 saturated carbocycles. The van der Waals surface area contributed by atoms with Crippen LogP contribution < -0.4 is 15.0 Å². The molecule has 5 nitrogen and oxygen atoms in total. The lowest BCUT2D eigenvalue weighted by atomic mass is 10.1. The molecule has 0 aliphatic rings. The van der Waals surface area contributed by atoms with Crippen molar-refractivity contribution in [1.29, 1.82) is 0 Å². The lowest BCUT2D eigenvalue weighted by Crippen LogP contribution is -2.32. The van der Waals surface area contributed by atoms with Crippen molar-refractivity contribution in [2.24, 2.45) is 0 Å². The van der Waals surface area contributed by atoms with Gasteiger partial charge >= 0.3 is 0 Å². The van der Waals surface area contributed by atoms with E-state index in [4.69, 9.17) is 4.74 Å². The van der Waals surface area contributed by atoms with Gasteiger partial charge in [0.15, 0.2) is 6.61 Å². The highest BCUT2D eigenvalue weighted by atomic mass is 16.5. The lowest BCUT2D eigenvalue weighted by Gasteiger charge is -2.22. The third-order valence-electron chi connectivity index (χ3n) is 4.45. The fraction of sp³-hybridized carbons (Fsp3) is 0.167. The number of amides is 2. The van der Waals surface area contributed by atoms with E-state index >= 15 is 0 Å². The van der Waals surface area contributed by atoms with E-state index in [-0.39, 0.29) is 18.4 Å². The van der Waals surface area contributed by atoms with E-state index in [0.717, 1.165) is 11.3 Å². The summed E-state index contributed by atoms with van der Waals surface area (Å²) in [5, 5.41) is 2.79. The molecule has 0 atom stereocenters. The van der Waals surface area contributed by atoms with Gasteiger partial charge in [0.1, 0.15) is 5.75 Å². The fourth-order valence-electron chi connectivity index (χ4n) is 2.95. The Labute approximate surface area is 170 Å². The van der Waals surface area contributed by atoms with Crippen LogP contribution in [0.1, 0.15) is 22.8 Å². The van der Waals surface area contributed by atoms with Crippen LogP contribution in [0.25, 0.3) is 0 Å². The minimum absolute atomic E-state index is 0.137. The summed E-state index contributed by atoms with van der Waals surface area (Å²) in [7, 11) is 0. The highest BCUT2D eigenvalue weighted by Gasteiger charge is 2.20. The van der Waals surface area contributed by atoms with E-state index in [2.05, 4.69) is 5.32 Å². The first-order valence-corrected chi connectivity index (χ1v) is 9.53. The number of hydrogen-bond acceptors (Lipinski definition) is 3. The molecule has 3 rings (SSSR count). The van der Waals surface area contributed by atoms with Gasteiger partial charge < -0.3 is 15.0 Å². The van der Waals surface area contributed by atoms with Crippen LogP contribution in [0.3, 0.4) is 0 Å². The van der Waals surface area contributed by atoms with Gasteiger partial charge in [-0.3, -0.25) is 9.59 Å². The number of hydrogen-bond donors (Lipinski definition) is 1. The summed E-state index contributed by atoms with van der Waals surface area (Å²) in [5.41, 5.74) is 2.82. The summed E-state index contributed by atoms with van der Waals surface area (Å²) in [4.78, 5) is 27.2. The molecule has 2 amide bonds. The molecule has 0 aliphatic heterocycles. The van der Waals surface area contributed by atoms with Gasteiger partial charge in [0.2, 0.25) is 0 Å². The number of anilines is 2. The Morgan fingerprint density at radius 1 is 0.897 bits per heavy atom. The quantitative estimate of drug-likeness (QED) is 0.639. The van der Waals surface area contributed by atoms with E-state index in [1.807, 2.05) is 68.4 Å². The van der Waals surface area contributed by atoms with Crippen LogP contribution in [0.15, 0.2) is 78.9 Å². The number of nitrogens with zero attached hydrogens (tertiary/aromatic N) is 1. The van der Waals surface area contributed by atoms with Crippen LogP contribution in [0.2, 0.25) is 0 Å². The zero-order chi connectivity index (χ0) is 20.6. The number of ether oxygens (including phenoxy) is 1. The van der Waals surface area contributed by atoms with Gasteiger partial charge in [0.05, 0.1) is 11.3 Å². The summed E-state index contributed by atoms with van der Waals surface area (Å²) >= 11 is 0. The SMILES string of the molecule is CCN(C(=O)c1ccccc1NC(=O)COc1ccc(C)cc1)c1ccccc1. The Hall–Kier alpha value is -3.60. The van der Waals surface area contributed by atoms with Crippen LogP contribution >= 0.6 is 0 Å². The van der Waals surface area contributed by atoms with Gasteiger partial charge in [0, 0.05) is 12.2 Å². The number of aryl methyl sites for hydroxylation is 1. The molecule has 0 fully saturated rings. The molecule has 0 aromatic heterocycles. The molecule has 0 bridgehead atoms. The number of carbonyl (C=O) groups is 2. The molecular weight excluding hydrogens is 364 g/mol. The van der Waals surface area contributed by atoms with Gasteiger partial charge in [0.25, 0.3) is 11.8 Å². The Balaban J connectivity index is 1.71. The van der Waals surface area contributed by atoms with Crippen molar-refractivity contribution in [2.45, 2.75) is 13.8 Å². The lowest BCUT2D eigenvalue weighted by molar-refractivity contribution is -0.118. The second kappa shape index (κ2) is 9.55. The third-order valence-corrected chi connectivity index (χ3v) is 4.45. The van der Waals surface area contributed by atoms with Crippen LogP contribution in [-0.4, -0.2) is 25.0 Å². The second-order valence-electron chi connectivity index (χ2n) is 6.58. The molecule has 0 aliphatic carbocycles. The Morgan fingerprint density at radius 2 is 1.55 bits per heavy atom. The first-order valence-electron chi connectivity index (χ1n) is 9.53. The second-order valence-corrected chi connectivity index (χ2v) is 6.58. The van der Waals surface area contributed by atoms with Crippen molar-refractivity contribution in [3.63, 3.8) is 0 Å². The summed E-state index contributed by atoms with van der Waals surface area (Å²) in [6.45, 7) is 4.28. The van der Waals surface area contributed by atoms with Crippen molar-refractivity contribution in [2.75, 3.05) is 23.4 Å². The minimum atomic E-state index is -0.325. The Bertz CT molecular complexity index is 969. The zero-order valence-corrected chi connectivity index (χ0v) is 16.6. The maximum Gasteiger partial charge on any atom is 0.262 e. The van der Waals surface area contributed by atoms with Crippen LogP contribution in [0, 0.1) is 6.92 Å². The van der Waals surface area contributed by atoms with Crippen molar-refractivity contribution >= 4 is 23.2 Å². The fourth-order valence-corrected chi connectivity index (χ4v) is 2.95. The van der Waals surface area contributed by atoms with E-state index in [1.165, 1.54) is 0 Å². The molecule has 0 spiro atoms. The maximum absolute atomic E-state index is 13.1. The molecule has 3 aromatic carbocycles. The summed E-state index contributed by atoms with van der Waals surface area (Å²) in [6.07, 6.45) is 0. The highest BCUT2D eigenvalue weighted by molar-refractivity contribution is 6.11. The van der Waals surface area contributed by atoms with Gasteiger partial charge in [-0.2, -0.15) is 0 Å². The van der Waals surface area contributed by atoms with Gasteiger partial charge in [-0.25, -0.2) is 0 Å². The van der Waals surface area contributed by atoms with Crippen molar-refractivity contribution in [1.82, 2.24) is 0 Å². The normalized spacial score (nSPS) is 10.3.